The molecule has 172 valence electrons. The Morgan fingerprint density at radius 2 is 1.85 bits per heavy atom. The molecule has 9 heteroatoms. The van der Waals surface area contributed by atoms with E-state index < -0.39 is 0 Å². The largest absolute Gasteiger partial charge is 0.495 e. The Hall–Kier alpha value is -3.19. The van der Waals surface area contributed by atoms with Gasteiger partial charge in [-0.1, -0.05) is 11.3 Å². The minimum Gasteiger partial charge on any atom is -0.495 e. The highest BCUT2D eigenvalue weighted by molar-refractivity contribution is 7.22. The van der Waals surface area contributed by atoms with Crippen molar-refractivity contribution in [2.45, 2.75) is 6.42 Å². The molecule has 1 aliphatic rings. The number of benzene rings is 2. The van der Waals surface area contributed by atoms with E-state index >= 15 is 0 Å². The van der Waals surface area contributed by atoms with Crippen LogP contribution in [0.5, 0.6) is 11.5 Å². The van der Waals surface area contributed by atoms with Gasteiger partial charge in [0.1, 0.15) is 21.7 Å². The van der Waals surface area contributed by atoms with Crippen molar-refractivity contribution in [1.82, 2.24) is 9.88 Å². The fraction of sp³-hybridized carbons (Fsp3) is 0.375. The van der Waals surface area contributed by atoms with E-state index in [0.29, 0.717) is 39.8 Å². The number of morpholine rings is 1. The summed E-state index contributed by atoms with van der Waals surface area (Å²) in [5, 5.41) is 9.67. The summed E-state index contributed by atoms with van der Waals surface area (Å²) in [5.41, 5.74) is 1.70. The van der Waals surface area contributed by atoms with E-state index in [1.54, 1.807) is 43.4 Å². The maximum atomic E-state index is 13.5. The van der Waals surface area contributed by atoms with E-state index in [1.165, 1.54) is 11.3 Å². The molecule has 0 spiro atoms. The summed E-state index contributed by atoms with van der Waals surface area (Å²) >= 11 is 1.41. The Kier molecular flexibility index (Phi) is 7.40. The molecule has 1 aliphatic heterocycles. The molecule has 1 aromatic heterocycles. The lowest BCUT2D eigenvalue weighted by Gasteiger charge is -2.27. The van der Waals surface area contributed by atoms with Crippen molar-refractivity contribution in [1.29, 1.82) is 5.26 Å². The predicted octanol–water partition coefficient (Wildman–Crippen LogP) is 3.55. The molecule has 3 aromatic rings. The van der Waals surface area contributed by atoms with Gasteiger partial charge in [0.15, 0.2) is 5.13 Å². The van der Waals surface area contributed by atoms with Crippen LogP contribution < -0.4 is 14.4 Å². The molecule has 2 heterocycles. The molecule has 1 fully saturated rings. The average molecular weight is 467 g/mol. The van der Waals surface area contributed by atoms with Gasteiger partial charge >= 0.3 is 0 Å². The number of fused-ring (bicyclic) bond motifs is 1. The molecule has 4 rings (SSSR count). The zero-order chi connectivity index (χ0) is 23.2. The first kappa shape index (κ1) is 23.0. The molecule has 33 heavy (non-hydrogen) atoms. The number of aromatic nitrogens is 1. The molecule has 0 saturated carbocycles. The number of carbonyl (C=O) groups is 1. The van der Waals surface area contributed by atoms with Crippen molar-refractivity contribution >= 4 is 32.6 Å². The van der Waals surface area contributed by atoms with E-state index in [9.17, 15) is 4.79 Å². The molecule has 1 amide bonds. The van der Waals surface area contributed by atoms with Crippen molar-refractivity contribution in [3.8, 4) is 17.6 Å². The minimum absolute atomic E-state index is 0.154. The normalized spacial score (nSPS) is 14.1. The van der Waals surface area contributed by atoms with Gasteiger partial charge in [-0.05, 0) is 42.8 Å². The fourth-order valence-corrected chi connectivity index (χ4v) is 4.89. The Balaban J connectivity index is 1.65. The van der Waals surface area contributed by atoms with Gasteiger partial charge in [0.25, 0.3) is 5.91 Å². The van der Waals surface area contributed by atoms with Gasteiger partial charge in [-0.25, -0.2) is 4.98 Å². The first-order valence-electron chi connectivity index (χ1n) is 10.8. The lowest BCUT2D eigenvalue weighted by Crippen LogP contribution is -2.39. The number of nitriles is 1. The summed E-state index contributed by atoms with van der Waals surface area (Å²) in [4.78, 5) is 22.4. The molecule has 2 aromatic carbocycles. The van der Waals surface area contributed by atoms with Gasteiger partial charge < -0.3 is 14.2 Å². The van der Waals surface area contributed by atoms with Crippen LogP contribution in [0.25, 0.3) is 10.2 Å². The van der Waals surface area contributed by atoms with Crippen LogP contribution in [0.3, 0.4) is 0 Å². The molecule has 8 nitrogen and oxygen atoms in total. The lowest BCUT2D eigenvalue weighted by molar-refractivity contribution is 0.0376. The topological polar surface area (TPSA) is 87.9 Å². The average Bonchev–Trinajstić information content (AvgIpc) is 3.31. The van der Waals surface area contributed by atoms with Crippen LogP contribution in [-0.4, -0.2) is 69.4 Å². The third-order valence-electron chi connectivity index (χ3n) is 5.60. The number of methoxy groups -OCH3 is 2. The maximum absolute atomic E-state index is 13.5. The summed E-state index contributed by atoms with van der Waals surface area (Å²) in [6.07, 6.45) is 0.798. The first-order chi connectivity index (χ1) is 16.1. The fourth-order valence-electron chi connectivity index (χ4n) is 3.79. The molecular formula is C24H26N4O4S. The molecule has 0 N–H and O–H groups in total. The van der Waals surface area contributed by atoms with E-state index in [1.807, 2.05) is 12.1 Å². The maximum Gasteiger partial charge on any atom is 0.260 e. The Bertz CT molecular complexity index is 1110. The number of rotatable bonds is 8. The monoisotopic (exact) mass is 466 g/mol. The Morgan fingerprint density at radius 1 is 1.15 bits per heavy atom. The van der Waals surface area contributed by atoms with Gasteiger partial charge in [-0.3, -0.25) is 14.6 Å². The molecule has 0 aliphatic carbocycles. The third-order valence-corrected chi connectivity index (χ3v) is 6.69. The first-order valence-corrected chi connectivity index (χ1v) is 11.6. The van der Waals surface area contributed by atoms with Crippen molar-refractivity contribution in [3.05, 3.63) is 47.5 Å². The smallest absolute Gasteiger partial charge is 0.260 e. The van der Waals surface area contributed by atoms with Crippen LogP contribution in [0, 0.1) is 11.3 Å². The van der Waals surface area contributed by atoms with Crippen LogP contribution in [0.15, 0.2) is 36.4 Å². The van der Waals surface area contributed by atoms with Gasteiger partial charge in [-0.15, -0.1) is 0 Å². The summed E-state index contributed by atoms with van der Waals surface area (Å²) in [5.74, 6) is 1.17. The second-order valence-electron chi connectivity index (χ2n) is 7.60. The number of carbonyl (C=O) groups excluding carboxylic acids is 1. The number of nitrogens with zero attached hydrogens (tertiary/aromatic N) is 4. The predicted molar refractivity (Wildman–Crippen MR) is 127 cm³/mol. The molecule has 0 atom stereocenters. The zero-order valence-corrected chi connectivity index (χ0v) is 19.6. The number of amides is 1. The quantitative estimate of drug-likeness (QED) is 0.502. The van der Waals surface area contributed by atoms with E-state index in [2.05, 4.69) is 11.0 Å². The highest BCUT2D eigenvalue weighted by atomic mass is 32.1. The second kappa shape index (κ2) is 10.6. The van der Waals surface area contributed by atoms with Crippen LogP contribution in [0.4, 0.5) is 5.13 Å². The van der Waals surface area contributed by atoms with E-state index in [-0.39, 0.29) is 5.91 Å². The van der Waals surface area contributed by atoms with Crippen LogP contribution in [0.1, 0.15) is 22.3 Å². The Morgan fingerprint density at radius 3 is 2.52 bits per heavy atom. The third kappa shape index (κ3) is 5.09. The summed E-state index contributed by atoms with van der Waals surface area (Å²) in [6.45, 7) is 4.67. The molecule has 0 unspecified atom stereocenters. The van der Waals surface area contributed by atoms with Gasteiger partial charge in [0, 0.05) is 31.7 Å². The van der Waals surface area contributed by atoms with Gasteiger partial charge in [0.05, 0.1) is 39.1 Å². The van der Waals surface area contributed by atoms with Crippen LogP contribution in [-0.2, 0) is 4.74 Å². The minimum atomic E-state index is -0.154. The van der Waals surface area contributed by atoms with Crippen molar-refractivity contribution in [2.75, 3.05) is 58.5 Å². The van der Waals surface area contributed by atoms with Gasteiger partial charge in [-0.2, -0.15) is 5.26 Å². The highest BCUT2D eigenvalue weighted by Crippen LogP contribution is 2.40. The number of anilines is 1. The molecular weight excluding hydrogens is 440 g/mol. The van der Waals surface area contributed by atoms with Crippen LogP contribution >= 0.6 is 11.3 Å². The number of ether oxygens (including phenoxy) is 3. The van der Waals surface area contributed by atoms with Gasteiger partial charge in [0.2, 0.25) is 0 Å². The number of hydrogen-bond acceptors (Lipinski definition) is 8. The standard InChI is InChI=1S/C24H26N4O4S/c1-30-19-8-9-20(31-2)22-21(19)26-24(33-22)28(11-3-10-27-12-14-32-15-13-27)23(29)18-6-4-17(16-25)5-7-18/h4-9H,3,10-15H2,1-2H3. The number of hydrogen-bond donors (Lipinski definition) is 0. The molecule has 1 saturated heterocycles. The molecule has 0 radical (unpaired) electrons. The van der Waals surface area contributed by atoms with Crippen LogP contribution in [0.2, 0.25) is 0 Å². The van der Waals surface area contributed by atoms with E-state index in [4.69, 9.17) is 24.5 Å². The summed E-state index contributed by atoms with van der Waals surface area (Å²) in [6, 6.07) is 12.4. The zero-order valence-electron chi connectivity index (χ0n) is 18.7. The lowest BCUT2D eigenvalue weighted by atomic mass is 10.1. The van der Waals surface area contributed by atoms with E-state index in [0.717, 1.165) is 44.0 Å². The van der Waals surface area contributed by atoms with Crippen molar-refractivity contribution in [2.24, 2.45) is 0 Å². The second-order valence-corrected chi connectivity index (χ2v) is 8.58. The summed E-state index contributed by atoms with van der Waals surface area (Å²) < 4.78 is 17.3. The van der Waals surface area contributed by atoms with Crippen molar-refractivity contribution < 1.29 is 19.0 Å². The SMILES string of the molecule is COc1ccc(OC)c2sc(N(CCCN3CCOCC3)C(=O)c3ccc(C#N)cc3)nc12. The van der Waals surface area contributed by atoms with Crippen molar-refractivity contribution in [3.63, 3.8) is 0 Å². The Labute approximate surface area is 196 Å². The number of thiazole rings is 1. The summed E-state index contributed by atoms with van der Waals surface area (Å²) in [7, 11) is 3.21. The highest BCUT2D eigenvalue weighted by Gasteiger charge is 2.24. The molecule has 0 bridgehead atoms.